The van der Waals surface area contributed by atoms with Crippen molar-refractivity contribution in [2.45, 2.75) is 40.5 Å². The second kappa shape index (κ2) is 8.48. The maximum Gasteiger partial charge on any atom is 0.236 e. The monoisotopic (exact) mass is 244 g/mol. The van der Waals surface area contributed by atoms with E-state index < -0.39 is 0 Å². The van der Waals surface area contributed by atoms with E-state index in [0.717, 1.165) is 32.5 Å². The van der Waals surface area contributed by atoms with Gasteiger partial charge >= 0.3 is 0 Å². The van der Waals surface area contributed by atoms with Crippen LogP contribution in [0, 0.1) is 5.41 Å². The van der Waals surface area contributed by atoms with Crippen molar-refractivity contribution in [2.75, 3.05) is 32.8 Å². The second-order valence-corrected chi connectivity index (χ2v) is 5.16. The summed E-state index contributed by atoms with van der Waals surface area (Å²) in [5, 5.41) is 12.0. The van der Waals surface area contributed by atoms with Gasteiger partial charge in [0.25, 0.3) is 0 Å². The maximum atomic E-state index is 11.7. The Bertz CT molecular complexity index is 213. The topological polar surface area (TPSA) is 52.6 Å². The first kappa shape index (κ1) is 16.4. The molecule has 4 nitrogen and oxygen atoms in total. The summed E-state index contributed by atoms with van der Waals surface area (Å²) >= 11 is 0. The van der Waals surface area contributed by atoms with Gasteiger partial charge in [0.1, 0.15) is 0 Å². The van der Waals surface area contributed by atoms with Crippen molar-refractivity contribution in [2.24, 2.45) is 5.41 Å². The minimum absolute atomic E-state index is 0.131. The summed E-state index contributed by atoms with van der Waals surface area (Å²) in [4.78, 5) is 13.6. The van der Waals surface area contributed by atoms with Crippen LogP contribution in [0.4, 0.5) is 0 Å². The number of carbonyl (C=O) groups excluding carboxylic acids is 1. The fraction of sp³-hybridized carbons (Fsp3) is 0.923. The second-order valence-electron chi connectivity index (χ2n) is 5.16. The summed E-state index contributed by atoms with van der Waals surface area (Å²) in [6.45, 7) is 11.3. The quantitative estimate of drug-likeness (QED) is 0.642. The first-order chi connectivity index (χ1) is 7.96. The van der Waals surface area contributed by atoms with Gasteiger partial charge < -0.3 is 15.3 Å². The molecule has 4 heteroatoms. The number of aliphatic hydroxyl groups is 1. The van der Waals surface area contributed by atoms with E-state index in [2.05, 4.69) is 19.2 Å². The zero-order chi connectivity index (χ0) is 13.3. The zero-order valence-electron chi connectivity index (χ0n) is 11.8. The smallest absolute Gasteiger partial charge is 0.236 e. The number of hydrogen-bond donors (Lipinski definition) is 2. The molecule has 102 valence electrons. The molecule has 0 unspecified atom stereocenters. The predicted molar refractivity (Wildman–Crippen MR) is 70.9 cm³/mol. The molecule has 0 aliphatic heterocycles. The minimum Gasteiger partial charge on any atom is -0.396 e. The molecule has 0 aromatic rings. The first-order valence-electron chi connectivity index (χ1n) is 6.56. The highest BCUT2D eigenvalue weighted by Crippen LogP contribution is 2.20. The molecule has 0 bridgehead atoms. The number of carbonyl (C=O) groups is 1. The van der Waals surface area contributed by atoms with Crippen LogP contribution in [0.25, 0.3) is 0 Å². The number of hydrogen-bond acceptors (Lipinski definition) is 3. The SMILES string of the molecule is CCN(CC)C(=O)CNCC(C)(C)CCCO. The molecule has 0 rings (SSSR count). The molecule has 17 heavy (non-hydrogen) atoms. The van der Waals surface area contributed by atoms with Crippen molar-refractivity contribution < 1.29 is 9.90 Å². The van der Waals surface area contributed by atoms with Gasteiger partial charge in [0, 0.05) is 26.2 Å². The number of aliphatic hydroxyl groups excluding tert-OH is 1. The third-order valence-electron chi connectivity index (χ3n) is 3.01. The number of rotatable bonds is 9. The van der Waals surface area contributed by atoms with Crippen molar-refractivity contribution in [1.29, 1.82) is 0 Å². The highest BCUT2D eigenvalue weighted by Gasteiger charge is 2.17. The van der Waals surface area contributed by atoms with Crippen LogP contribution in [0.2, 0.25) is 0 Å². The molecule has 1 amide bonds. The summed E-state index contributed by atoms with van der Waals surface area (Å²) in [6, 6.07) is 0. The fourth-order valence-electron chi connectivity index (χ4n) is 1.84. The Morgan fingerprint density at radius 3 is 2.35 bits per heavy atom. The average molecular weight is 244 g/mol. The molecular formula is C13H28N2O2. The standard InChI is InChI=1S/C13H28N2O2/c1-5-15(6-2)12(17)10-14-11-13(3,4)8-7-9-16/h14,16H,5-11H2,1-4H3. The summed E-state index contributed by atoms with van der Waals surface area (Å²) < 4.78 is 0. The Labute approximate surface area is 105 Å². The predicted octanol–water partition coefficient (Wildman–Crippen LogP) is 1.24. The Morgan fingerprint density at radius 2 is 1.88 bits per heavy atom. The molecule has 0 radical (unpaired) electrons. The molecule has 0 heterocycles. The summed E-state index contributed by atoms with van der Waals surface area (Å²) in [6.07, 6.45) is 1.79. The lowest BCUT2D eigenvalue weighted by Gasteiger charge is -2.25. The van der Waals surface area contributed by atoms with Gasteiger partial charge in [-0.3, -0.25) is 4.79 Å². The van der Waals surface area contributed by atoms with Gasteiger partial charge in [0.15, 0.2) is 0 Å². The van der Waals surface area contributed by atoms with Crippen LogP contribution in [0.1, 0.15) is 40.5 Å². The highest BCUT2D eigenvalue weighted by atomic mass is 16.2. The van der Waals surface area contributed by atoms with Gasteiger partial charge in [-0.2, -0.15) is 0 Å². The molecule has 0 aromatic carbocycles. The fourth-order valence-corrected chi connectivity index (χ4v) is 1.84. The number of nitrogens with zero attached hydrogens (tertiary/aromatic N) is 1. The number of likely N-dealkylation sites (N-methyl/N-ethyl adjacent to an activating group) is 1. The summed E-state index contributed by atoms with van der Waals surface area (Å²) in [5.41, 5.74) is 0.131. The Hall–Kier alpha value is -0.610. The van der Waals surface area contributed by atoms with Crippen molar-refractivity contribution in [1.82, 2.24) is 10.2 Å². The van der Waals surface area contributed by atoms with Gasteiger partial charge in [-0.15, -0.1) is 0 Å². The van der Waals surface area contributed by atoms with Gasteiger partial charge in [-0.25, -0.2) is 0 Å². The third kappa shape index (κ3) is 7.34. The van der Waals surface area contributed by atoms with E-state index in [-0.39, 0.29) is 17.9 Å². The zero-order valence-corrected chi connectivity index (χ0v) is 11.8. The van der Waals surface area contributed by atoms with E-state index >= 15 is 0 Å². The maximum absolute atomic E-state index is 11.7. The largest absolute Gasteiger partial charge is 0.396 e. The molecular weight excluding hydrogens is 216 g/mol. The summed E-state index contributed by atoms with van der Waals surface area (Å²) in [7, 11) is 0. The van der Waals surface area contributed by atoms with Crippen LogP contribution in [-0.2, 0) is 4.79 Å². The molecule has 0 atom stereocenters. The van der Waals surface area contributed by atoms with Gasteiger partial charge in [-0.05, 0) is 32.1 Å². The van der Waals surface area contributed by atoms with Gasteiger partial charge in [0.05, 0.1) is 6.54 Å². The minimum atomic E-state index is 0.131. The van der Waals surface area contributed by atoms with E-state index in [9.17, 15) is 4.79 Å². The Kier molecular flexibility index (Phi) is 8.17. The van der Waals surface area contributed by atoms with Crippen LogP contribution >= 0.6 is 0 Å². The average Bonchev–Trinajstić information content (AvgIpc) is 2.28. The van der Waals surface area contributed by atoms with Crippen molar-refractivity contribution in [3.63, 3.8) is 0 Å². The van der Waals surface area contributed by atoms with Crippen LogP contribution in [-0.4, -0.2) is 48.7 Å². The number of amides is 1. The third-order valence-corrected chi connectivity index (χ3v) is 3.01. The van der Waals surface area contributed by atoms with E-state index in [1.165, 1.54) is 0 Å². The van der Waals surface area contributed by atoms with E-state index in [4.69, 9.17) is 5.11 Å². The Morgan fingerprint density at radius 1 is 1.29 bits per heavy atom. The van der Waals surface area contributed by atoms with Gasteiger partial charge in [0.2, 0.25) is 5.91 Å². The molecule has 0 aliphatic carbocycles. The van der Waals surface area contributed by atoms with Crippen LogP contribution < -0.4 is 5.32 Å². The molecule has 0 fully saturated rings. The molecule has 2 N–H and O–H groups in total. The van der Waals surface area contributed by atoms with Crippen LogP contribution in [0.5, 0.6) is 0 Å². The van der Waals surface area contributed by atoms with E-state index in [0.29, 0.717) is 6.54 Å². The van der Waals surface area contributed by atoms with E-state index in [1.807, 2.05) is 18.7 Å². The Balaban J connectivity index is 3.85. The lowest BCUT2D eigenvalue weighted by Crippen LogP contribution is -2.40. The van der Waals surface area contributed by atoms with Crippen LogP contribution in [0.15, 0.2) is 0 Å². The molecule has 0 aromatic heterocycles. The lowest BCUT2D eigenvalue weighted by molar-refractivity contribution is -0.129. The first-order valence-corrected chi connectivity index (χ1v) is 6.56. The van der Waals surface area contributed by atoms with Crippen molar-refractivity contribution in [3.05, 3.63) is 0 Å². The molecule has 0 aliphatic rings. The van der Waals surface area contributed by atoms with E-state index in [1.54, 1.807) is 0 Å². The molecule has 0 saturated heterocycles. The highest BCUT2D eigenvalue weighted by molar-refractivity contribution is 5.78. The lowest BCUT2D eigenvalue weighted by atomic mass is 9.88. The van der Waals surface area contributed by atoms with Crippen molar-refractivity contribution >= 4 is 5.91 Å². The summed E-state index contributed by atoms with van der Waals surface area (Å²) in [5.74, 6) is 0.160. The normalized spacial score (nSPS) is 11.6. The van der Waals surface area contributed by atoms with Crippen molar-refractivity contribution in [3.8, 4) is 0 Å². The molecule has 0 spiro atoms. The molecule has 0 saturated carbocycles. The van der Waals surface area contributed by atoms with Gasteiger partial charge in [-0.1, -0.05) is 13.8 Å². The van der Waals surface area contributed by atoms with Crippen LogP contribution in [0.3, 0.4) is 0 Å². The number of nitrogens with one attached hydrogen (secondary N) is 1.